The number of anilines is 2. The molecule has 0 radical (unpaired) electrons. The molecule has 3 aromatic rings. The summed E-state index contributed by atoms with van der Waals surface area (Å²) < 4.78 is 20.4. The van der Waals surface area contributed by atoms with Gasteiger partial charge in [0.1, 0.15) is 16.9 Å². The second kappa shape index (κ2) is 7.82. The van der Waals surface area contributed by atoms with E-state index in [0.29, 0.717) is 19.1 Å². The Morgan fingerprint density at radius 2 is 1.94 bits per heavy atom. The summed E-state index contributed by atoms with van der Waals surface area (Å²) in [7, 11) is 0. The molecule has 2 aliphatic heterocycles. The van der Waals surface area contributed by atoms with Crippen molar-refractivity contribution in [3.05, 3.63) is 53.8 Å². The van der Waals surface area contributed by atoms with E-state index in [0.717, 1.165) is 30.4 Å². The Morgan fingerprint density at radius 3 is 2.68 bits per heavy atom. The van der Waals surface area contributed by atoms with Gasteiger partial charge in [0, 0.05) is 44.2 Å². The number of hydrogen-bond acceptors (Lipinski definition) is 7. The molecule has 2 saturated heterocycles. The topological polar surface area (TPSA) is 97.8 Å². The van der Waals surface area contributed by atoms with Crippen LogP contribution in [-0.4, -0.2) is 54.4 Å². The van der Waals surface area contributed by atoms with Crippen molar-refractivity contribution in [2.45, 2.75) is 0 Å². The number of fused-ring (bicyclic) bond motifs is 2. The van der Waals surface area contributed by atoms with Gasteiger partial charge in [-0.3, -0.25) is 10.2 Å². The molecule has 158 valence electrons. The number of halogens is 1. The van der Waals surface area contributed by atoms with Crippen LogP contribution in [0.25, 0.3) is 11.1 Å². The molecule has 2 atom stereocenters. The number of carbonyl (C=O) groups is 1. The van der Waals surface area contributed by atoms with Crippen LogP contribution in [0.3, 0.4) is 0 Å². The highest BCUT2D eigenvalue weighted by molar-refractivity contribution is 6.14. The van der Waals surface area contributed by atoms with Crippen LogP contribution < -0.4 is 10.3 Å². The van der Waals surface area contributed by atoms with Gasteiger partial charge < -0.3 is 19.6 Å². The van der Waals surface area contributed by atoms with Crippen LogP contribution in [0.1, 0.15) is 10.4 Å². The largest absolute Gasteiger partial charge is 0.423 e. The van der Waals surface area contributed by atoms with Crippen molar-refractivity contribution in [2.75, 3.05) is 36.5 Å². The summed E-state index contributed by atoms with van der Waals surface area (Å²) in [5, 5.41) is 10.8. The second-order valence-electron chi connectivity index (χ2n) is 7.82. The number of nitrogens with one attached hydrogen (secondary N) is 2. The maximum atomic E-state index is 14.5. The molecular formula is C22H21FN6O2. The molecule has 3 heterocycles. The van der Waals surface area contributed by atoms with Crippen LogP contribution in [0.5, 0.6) is 0 Å². The Kier molecular flexibility index (Phi) is 4.85. The zero-order chi connectivity index (χ0) is 21.4. The molecule has 0 aliphatic carbocycles. The van der Waals surface area contributed by atoms with E-state index < -0.39 is 5.82 Å². The zero-order valence-electron chi connectivity index (χ0n) is 16.7. The number of rotatable bonds is 5. The average Bonchev–Trinajstić information content (AvgIpc) is 3.46. The summed E-state index contributed by atoms with van der Waals surface area (Å²) in [6.45, 7) is 2.59. The lowest BCUT2D eigenvalue weighted by Crippen LogP contribution is -2.34. The molecule has 2 fully saturated rings. The Balaban J connectivity index is 1.30. The molecule has 2 aliphatic rings. The van der Waals surface area contributed by atoms with Crippen molar-refractivity contribution in [3.8, 4) is 0 Å². The molecule has 0 spiro atoms. The Labute approximate surface area is 177 Å². The van der Waals surface area contributed by atoms with Crippen molar-refractivity contribution in [2.24, 2.45) is 16.9 Å². The Bertz CT molecular complexity index is 1130. The van der Waals surface area contributed by atoms with Gasteiger partial charge in [-0.2, -0.15) is 10.1 Å². The number of nitrogens with zero attached hydrogens (tertiary/aromatic N) is 4. The van der Waals surface area contributed by atoms with Crippen LogP contribution >= 0.6 is 0 Å². The van der Waals surface area contributed by atoms with E-state index in [4.69, 9.17) is 9.83 Å². The molecule has 2 N–H and O–H groups in total. The number of oxazole rings is 1. The summed E-state index contributed by atoms with van der Waals surface area (Å²) in [6, 6.07) is 12.7. The van der Waals surface area contributed by atoms with Gasteiger partial charge in [-0.15, -0.1) is 0 Å². The van der Waals surface area contributed by atoms with Gasteiger partial charge in [-0.25, -0.2) is 4.39 Å². The molecular weight excluding hydrogens is 399 g/mol. The van der Waals surface area contributed by atoms with Gasteiger partial charge >= 0.3 is 0 Å². The van der Waals surface area contributed by atoms with E-state index in [1.807, 2.05) is 24.3 Å². The summed E-state index contributed by atoms with van der Waals surface area (Å²) in [6.07, 6.45) is 2.22. The monoisotopic (exact) mass is 420 g/mol. The van der Waals surface area contributed by atoms with E-state index in [9.17, 15) is 9.18 Å². The van der Waals surface area contributed by atoms with E-state index in [1.165, 1.54) is 18.3 Å². The molecule has 5 rings (SSSR count). The van der Waals surface area contributed by atoms with Crippen LogP contribution in [0.2, 0.25) is 0 Å². The van der Waals surface area contributed by atoms with Gasteiger partial charge in [0.2, 0.25) is 0 Å². The maximum absolute atomic E-state index is 14.5. The molecule has 1 aromatic heterocycles. The fourth-order valence-electron chi connectivity index (χ4n) is 4.45. The number of amides is 1. The highest BCUT2D eigenvalue weighted by Crippen LogP contribution is 2.36. The number of para-hydroxylation sites is 2. The third-order valence-electron chi connectivity index (χ3n) is 5.89. The SMILES string of the molecule is N=C/C=N\Nc1cccc(F)c1C(=O)N1CC2CN(c3nc4ccccc4o3)CC2C1. The van der Waals surface area contributed by atoms with E-state index in [1.54, 1.807) is 11.0 Å². The standard InChI is InChI=1S/C22H21FN6O2/c23-16-4-3-6-18(27-25-9-8-24)20(16)21(30)28-10-14-12-29(13-15(14)11-28)22-26-17-5-1-2-7-19(17)31-22/h1-9,14-15,24,27H,10-13H2/b24-8?,25-9-. The van der Waals surface area contributed by atoms with Gasteiger partial charge in [-0.05, 0) is 24.3 Å². The number of carbonyl (C=O) groups excluding carboxylic acids is 1. The smallest absolute Gasteiger partial charge is 0.298 e. The molecule has 2 unspecified atom stereocenters. The maximum Gasteiger partial charge on any atom is 0.298 e. The summed E-state index contributed by atoms with van der Waals surface area (Å²) in [5.74, 6) is -0.394. The number of likely N-dealkylation sites (tertiary alicyclic amines) is 1. The van der Waals surface area contributed by atoms with Gasteiger partial charge in [0.05, 0.1) is 11.9 Å². The number of hydrogen-bond donors (Lipinski definition) is 2. The predicted octanol–water partition coefficient (Wildman–Crippen LogP) is 3.22. The fraction of sp³-hybridized carbons (Fsp3) is 0.273. The molecule has 9 heteroatoms. The van der Waals surface area contributed by atoms with Gasteiger partial charge in [0.15, 0.2) is 5.58 Å². The van der Waals surface area contributed by atoms with E-state index in [-0.39, 0.29) is 29.0 Å². The number of hydrazone groups is 1. The number of aromatic nitrogens is 1. The third kappa shape index (κ3) is 3.52. The van der Waals surface area contributed by atoms with E-state index >= 15 is 0 Å². The third-order valence-corrected chi connectivity index (χ3v) is 5.89. The normalized spacial score (nSPS) is 20.5. The highest BCUT2D eigenvalue weighted by Gasteiger charge is 2.43. The van der Waals surface area contributed by atoms with Crippen LogP contribution in [-0.2, 0) is 0 Å². The molecule has 8 nitrogen and oxygen atoms in total. The minimum atomic E-state index is -0.592. The van der Waals surface area contributed by atoms with Crippen molar-refractivity contribution in [1.29, 1.82) is 5.41 Å². The summed E-state index contributed by atoms with van der Waals surface area (Å²) in [4.78, 5) is 21.5. The first-order chi connectivity index (χ1) is 15.1. The fourth-order valence-corrected chi connectivity index (χ4v) is 4.45. The molecule has 1 amide bonds. The van der Waals surface area contributed by atoms with Crippen LogP contribution in [0.15, 0.2) is 52.0 Å². The second-order valence-corrected chi connectivity index (χ2v) is 7.82. The zero-order valence-corrected chi connectivity index (χ0v) is 16.7. The van der Waals surface area contributed by atoms with Crippen molar-refractivity contribution in [3.63, 3.8) is 0 Å². The highest BCUT2D eigenvalue weighted by atomic mass is 19.1. The van der Waals surface area contributed by atoms with E-state index in [2.05, 4.69) is 20.4 Å². The quantitative estimate of drug-likeness (QED) is 0.488. The average molecular weight is 420 g/mol. The van der Waals surface area contributed by atoms with Crippen molar-refractivity contribution >= 4 is 41.1 Å². The van der Waals surface area contributed by atoms with Crippen LogP contribution in [0, 0.1) is 23.1 Å². The van der Waals surface area contributed by atoms with Crippen LogP contribution in [0.4, 0.5) is 16.1 Å². The lowest BCUT2D eigenvalue weighted by Gasteiger charge is -2.22. The molecule has 2 aromatic carbocycles. The lowest BCUT2D eigenvalue weighted by atomic mass is 10.0. The minimum Gasteiger partial charge on any atom is -0.423 e. The molecule has 31 heavy (non-hydrogen) atoms. The predicted molar refractivity (Wildman–Crippen MR) is 116 cm³/mol. The van der Waals surface area contributed by atoms with Gasteiger partial charge in [-0.1, -0.05) is 18.2 Å². The minimum absolute atomic E-state index is 0.0274. The molecule has 0 bridgehead atoms. The summed E-state index contributed by atoms with van der Waals surface area (Å²) in [5.41, 5.74) is 4.50. The van der Waals surface area contributed by atoms with Gasteiger partial charge in [0.25, 0.3) is 11.9 Å². The first kappa shape index (κ1) is 19.2. The van der Waals surface area contributed by atoms with Crippen molar-refractivity contribution < 1.29 is 13.6 Å². The van der Waals surface area contributed by atoms with Crippen molar-refractivity contribution in [1.82, 2.24) is 9.88 Å². The summed E-state index contributed by atoms with van der Waals surface area (Å²) >= 11 is 0. The molecule has 0 saturated carbocycles. The first-order valence-electron chi connectivity index (χ1n) is 10.1. The Morgan fingerprint density at radius 1 is 1.16 bits per heavy atom. The first-order valence-corrected chi connectivity index (χ1v) is 10.1. The number of benzene rings is 2. The lowest BCUT2D eigenvalue weighted by molar-refractivity contribution is 0.0779. The Hall–Kier alpha value is -3.75.